The second kappa shape index (κ2) is 5.38. The smallest absolute Gasteiger partial charge is 0.276 e. The highest BCUT2D eigenvalue weighted by Crippen LogP contribution is 2.38. The van der Waals surface area contributed by atoms with Gasteiger partial charge in [-0.25, -0.2) is 0 Å². The van der Waals surface area contributed by atoms with Crippen molar-refractivity contribution in [3.05, 3.63) is 51.8 Å². The topological polar surface area (TPSA) is 54.9 Å². The zero-order valence-electron chi connectivity index (χ0n) is 10.4. The van der Waals surface area contributed by atoms with Crippen LogP contribution in [0.5, 0.6) is 0 Å². The quantitative estimate of drug-likeness (QED) is 0.935. The average molecular weight is 308 g/mol. The van der Waals surface area contributed by atoms with Gasteiger partial charge in [0.15, 0.2) is 5.69 Å². The Hall–Kier alpha value is -1.65. The molecule has 1 amide bonds. The van der Waals surface area contributed by atoms with E-state index in [2.05, 4.69) is 15.5 Å². The molecule has 1 heterocycles. The second-order valence-corrected chi connectivity index (χ2v) is 5.46. The van der Waals surface area contributed by atoms with Crippen molar-refractivity contribution in [3.63, 3.8) is 0 Å². The predicted molar refractivity (Wildman–Crippen MR) is 78.4 cm³/mol. The van der Waals surface area contributed by atoms with Crippen LogP contribution in [-0.2, 0) is 0 Å². The Labute approximate surface area is 126 Å². The highest BCUT2D eigenvalue weighted by molar-refractivity contribution is 6.44. The van der Waals surface area contributed by atoms with Gasteiger partial charge in [-0.15, -0.1) is 5.10 Å². The molecule has 1 saturated carbocycles. The van der Waals surface area contributed by atoms with Gasteiger partial charge in [-0.1, -0.05) is 29.3 Å². The summed E-state index contributed by atoms with van der Waals surface area (Å²) in [5.41, 5.74) is 1.66. The van der Waals surface area contributed by atoms with Crippen LogP contribution in [0, 0.1) is 0 Å². The number of carbonyl (C=O) groups excluding carboxylic acids is 1. The molecule has 1 aromatic carbocycles. The first-order valence-corrected chi connectivity index (χ1v) is 7.00. The van der Waals surface area contributed by atoms with Crippen LogP contribution in [-0.4, -0.2) is 16.1 Å². The summed E-state index contributed by atoms with van der Waals surface area (Å²) < 4.78 is 0. The number of halogens is 2. The highest BCUT2D eigenvalue weighted by Gasteiger charge is 2.25. The van der Waals surface area contributed by atoms with Crippen LogP contribution < -0.4 is 5.32 Å². The first-order valence-electron chi connectivity index (χ1n) is 6.24. The molecule has 6 heteroatoms. The summed E-state index contributed by atoms with van der Waals surface area (Å²) in [4.78, 5) is 12.1. The molecule has 102 valence electrons. The third-order valence-electron chi connectivity index (χ3n) is 3.11. The van der Waals surface area contributed by atoms with E-state index in [1.54, 1.807) is 24.3 Å². The average Bonchev–Trinajstić information content (AvgIpc) is 3.29. The molecule has 20 heavy (non-hydrogen) atoms. The van der Waals surface area contributed by atoms with E-state index in [4.69, 9.17) is 23.2 Å². The van der Waals surface area contributed by atoms with Gasteiger partial charge in [0.1, 0.15) is 0 Å². The zero-order chi connectivity index (χ0) is 14.1. The van der Waals surface area contributed by atoms with Crippen LogP contribution in [0.4, 0.5) is 5.69 Å². The maximum absolute atomic E-state index is 12.1. The molecule has 2 aromatic rings. The molecule has 1 aliphatic rings. The lowest BCUT2D eigenvalue weighted by molar-refractivity contribution is 0.102. The number of hydrogen-bond donors (Lipinski definition) is 1. The van der Waals surface area contributed by atoms with E-state index in [1.165, 1.54) is 0 Å². The Morgan fingerprint density at radius 2 is 1.95 bits per heavy atom. The fraction of sp³-hybridized carbons (Fsp3) is 0.214. The van der Waals surface area contributed by atoms with E-state index < -0.39 is 0 Å². The van der Waals surface area contributed by atoms with Crippen molar-refractivity contribution in [1.29, 1.82) is 0 Å². The van der Waals surface area contributed by atoms with Gasteiger partial charge in [0.05, 0.1) is 21.4 Å². The molecular formula is C14H11Cl2N3O. The van der Waals surface area contributed by atoms with Gasteiger partial charge in [0, 0.05) is 5.92 Å². The number of nitrogens with zero attached hydrogens (tertiary/aromatic N) is 2. The number of carbonyl (C=O) groups is 1. The molecule has 0 spiro atoms. The normalized spacial score (nSPS) is 14.1. The van der Waals surface area contributed by atoms with E-state index in [1.807, 2.05) is 6.07 Å². The van der Waals surface area contributed by atoms with Crippen molar-refractivity contribution in [2.24, 2.45) is 0 Å². The number of amides is 1. The molecule has 0 radical (unpaired) electrons. The Kier molecular flexibility index (Phi) is 3.59. The molecule has 1 N–H and O–H groups in total. The zero-order valence-corrected chi connectivity index (χ0v) is 11.9. The second-order valence-electron chi connectivity index (χ2n) is 4.67. The predicted octanol–water partition coefficient (Wildman–Crippen LogP) is 3.91. The van der Waals surface area contributed by atoms with Crippen molar-refractivity contribution >= 4 is 34.8 Å². The molecule has 4 nitrogen and oxygen atoms in total. The number of aromatic nitrogens is 2. The van der Waals surface area contributed by atoms with Gasteiger partial charge < -0.3 is 5.32 Å². The SMILES string of the molecule is O=C(Nc1cccc(Cl)c1Cl)c1ccc(C2CC2)nn1. The van der Waals surface area contributed by atoms with E-state index in [0.717, 1.165) is 18.5 Å². The number of hydrogen-bond acceptors (Lipinski definition) is 3. The molecule has 0 saturated heterocycles. The van der Waals surface area contributed by atoms with Crippen LogP contribution in [0.25, 0.3) is 0 Å². The lowest BCUT2D eigenvalue weighted by Gasteiger charge is -2.07. The van der Waals surface area contributed by atoms with Crippen LogP contribution >= 0.6 is 23.2 Å². The van der Waals surface area contributed by atoms with E-state index in [0.29, 0.717) is 21.7 Å². The standard InChI is InChI=1S/C14H11Cl2N3O/c15-9-2-1-3-11(13(9)16)17-14(20)12-7-6-10(18-19-12)8-4-5-8/h1-3,6-8H,4-5H2,(H,17,20). The minimum Gasteiger partial charge on any atom is -0.319 e. The summed E-state index contributed by atoms with van der Waals surface area (Å²) in [6.45, 7) is 0. The van der Waals surface area contributed by atoms with Gasteiger partial charge in [-0.3, -0.25) is 4.79 Å². The Morgan fingerprint density at radius 1 is 1.15 bits per heavy atom. The minimum absolute atomic E-state index is 0.255. The fourth-order valence-corrected chi connectivity index (χ4v) is 2.19. The Balaban J connectivity index is 1.76. The molecule has 1 fully saturated rings. The van der Waals surface area contributed by atoms with Crippen molar-refractivity contribution in [2.45, 2.75) is 18.8 Å². The number of rotatable bonds is 3. The van der Waals surface area contributed by atoms with E-state index in [9.17, 15) is 4.79 Å². The number of nitrogens with one attached hydrogen (secondary N) is 1. The summed E-state index contributed by atoms with van der Waals surface area (Å²) in [6, 6.07) is 8.57. The third kappa shape index (κ3) is 2.76. The molecular weight excluding hydrogens is 297 g/mol. The van der Waals surface area contributed by atoms with Gasteiger partial charge in [0.2, 0.25) is 0 Å². The molecule has 3 rings (SSSR count). The van der Waals surface area contributed by atoms with E-state index >= 15 is 0 Å². The Bertz CT molecular complexity index is 654. The summed E-state index contributed by atoms with van der Waals surface area (Å²) in [7, 11) is 0. The van der Waals surface area contributed by atoms with Crippen molar-refractivity contribution in [2.75, 3.05) is 5.32 Å². The maximum atomic E-state index is 12.1. The van der Waals surface area contributed by atoms with Crippen molar-refractivity contribution in [3.8, 4) is 0 Å². The van der Waals surface area contributed by atoms with Crippen LogP contribution in [0.1, 0.15) is 34.9 Å². The summed E-state index contributed by atoms with van der Waals surface area (Å²) >= 11 is 11.9. The molecule has 1 aliphatic carbocycles. The third-order valence-corrected chi connectivity index (χ3v) is 3.93. The summed E-state index contributed by atoms with van der Waals surface area (Å²) in [5, 5.41) is 11.4. The lowest BCUT2D eigenvalue weighted by Crippen LogP contribution is -2.15. The van der Waals surface area contributed by atoms with Crippen LogP contribution in [0.2, 0.25) is 10.0 Å². The minimum atomic E-state index is -0.357. The number of benzene rings is 1. The van der Waals surface area contributed by atoms with Crippen molar-refractivity contribution in [1.82, 2.24) is 10.2 Å². The molecule has 0 aliphatic heterocycles. The monoisotopic (exact) mass is 307 g/mol. The van der Waals surface area contributed by atoms with Gasteiger partial charge >= 0.3 is 0 Å². The van der Waals surface area contributed by atoms with Crippen LogP contribution in [0.15, 0.2) is 30.3 Å². The lowest BCUT2D eigenvalue weighted by atomic mass is 10.2. The summed E-state index contributed by atoms with van der Waals surface area (Å²) in [5.74, 6) is 0.158. The molecule has 0 bridgehead atoms. The summed E-state index contributed by atoms with van der Waals surface area (Å²) in [6.07, 6.45) is 2.30. The van der Waals surface area contributed by atoms with Gasteiger partial charge in [-0.2, -0.15) is 5.10 Å². The molecule has 1 aromatic heterocycles. The largest absolute Gasteiger partial charge is 0.319 e. The van der Waals surface area contributed by atoms with E-state index in [-0.39, 0.29) is 11.6 Å². The molecule has 0 unspecified atom stereocenters. The molecule has 0 atom stereocenters. The number of anilines is 1. The van der Waals surface area contributed by atoms with Gasteiger partial charge in [-0.05, 0) is 37.1 Å². The van der Waals surface area contributed by atoms with Gasteiger partial charge in [0.25, 0.3) is 5.91 Å². The first kappa shape index (κ1) is 13.3. The van der Waals surface area contributed by atoms with Crippen molar-refractivity contribution < 1.29 is 4.79 Å². The Morgan fingerprint density at radius 3 is 2.60 bits per heavy atom. The fourth-order valence-electron chi connectivity index (χ4n) is 1.85. The first-order chi connectivity index (χ1) is 9.65. The maximum Gasteiger partial charge on any atom is 0.276 e. The van der Waals surface area contributed by atoms with Crippen LogP contribution in [0.3, 0.4) is 0 Å². The highest BCUT2D eigenvalue weighted by atomic mass is 35.5.